The predicted octanol–water partition coefficient (Wildman–Crippen LogP) is 7.44. The van der Waals surface area contributed by atoms with Crippen molar-refractivity contribution in [1.29, 1.82) is 0 Å². The van der Waals surface area contributed by atoms with E-state index in [0.29, 0.717) is 11.1 Å². The average Bonchev–Trinajstić information content (AvgIpc) is 2.72. The minimum absolute atomic E-state index is 0.0615. The van der Waals surface area contributed by atoms with Gasteiger partial charge in [-0.05, 0) is 57.5 Å². The first-order valence-corrected chi connectivity index (χ1v) is 9.89. The van der Waals surface area contributed by atoms with Gasteiger partial charge in [-0.3, -0.25) is 0 Å². The van der Waals surface area contributed by atoms with Crippen LogP contribution in [0.25, 0.3) is 33.2 Å². The van der Waals surface area contributed by atoms with Crippen LogP contribution in [0.4, 0.5) is 13.2 Å². The number of alkyl halides is 3. The number of hydrogen-bond acceptors (Lipinski definition) is 2. The van der Waals surface area contributed by atoms with Crippen molar-refractivity contribution in [3.05, 3.63) is 94.3 Å². The van der Waals surface area contributed by atoms with E-state index in [-0.39, 0.29) is 5.41 Å². The lowest BCUT2D eigenvalue weighted by Crippen LogP contribution is -2.11. The molecule has 2 nitrogen and oxygen atoms in total. The van der Waals surface area contributed by atoms with Crippen molar-refractivity contribution in [2.24, 2.45) is 0 Å². The van der Waals surface area contributed by atoms with E-state index in [9.17, 15) is 18.0 Å². The Kier molecular flexibility index (Phi) is 5.00. The molecule has 4 rings (SSSR count). The Morgan fingerprint density at radius 2 is 1.19 bits per heavy atom. The largest absolute Gasteiger partial charge is 0.423 e. The second kappa shape index (κ2) is 7.41. The lowest BCUT2D eigenvalue weighted by Gasteiger charge is -2.19. The van der Waals surface area contributed by atoms with Gasteiger partial charge in [0.05, 0.1) is 5.56 Å². The third kappa shape index (κ3) is 4.26. The van der Waals surface area contributed by atoms with Crippen LogP contribution in [0.1, 0.15) is 31.9 Å². The van der Waals surface area contributed by atoms with Gasteiger partial charge in [-0.15, -0.1) is 0 Å². The molecule has 3 aromatic carbocycles. The minimum atomic E-state index is -4.36. The number of fused-ring (bicyclic) bond motifs is 1. The topological polar surface area (TPSA) is 30.2 Å². The molecule has 0 fully saturated rings. The quantitative estimate of drug-likeness (QED) is 0.314. The zero-order chi connectivity index (χ0) is 22.4. The van der Waals surface area contributed by atoms with E-state index in [0.717, 1.165) is 39.8 Å². The Morgan fingerprint density at radius 3 is 1.74 bits per heavy atom. The summed E-state index contributed by atoms with van der Waals surface area (Å²) in [4.78, 5) is 12.1. The van der Waals surface area contributed by atoms with Crippen LogP contribution in [-0.4, -0.2) is 0 Å². The minimum Gasteiger partial charge on any atom is -0.423 e. The van der Waals surface area contributed by atoms with Gasteiger partial charge in [0, 0.05) is 11.5 Å². The van der Waals surface area contributed by atoms with Gasteiger partial charge in [0.15, 0.2) is 0 Å². The number of halogens is 3. The maximum Gasteiger partial charge on any atom is 0.416 e. The van der Waals surface area contributed by atoms with E-state index in [1.165, 1.54) is 18.2 Å². The first kappa shape index (κ1) is 20.9. The van der Waals surface area contributed by atoms with Crippen LogP contribution in [0.5, 0.6) is 0 Å². The van der Waals surface area contributed by atoms with Crippen molar-refractivity contribution < 1.29 is 17.6 Å². The first-order valence-electron chi connectivity index (χ1n) is 9.89. The summed E-state index contributed by atoms with van der Waals surface area (Å²) < 4.78 is 43.8. The van der Waals surface area contributed by atoms with Crippen LogP contribution in [0, 0.1) is 0 Å². The Labute approximate surface area is 178 Å². The van der Waals surface area contributed by atoms with E-state index in [1.807, 2.05) is 42.5 Å². The van der Waals surface area contributed by atoms with Crippen LogP contribution < -0.4 is 5.63 Å². The molecule has 158 valence electrons. The molecule has 0 saturated heterocycles. The Balaban J connectivity index is 1.76. The molecular formula is C26H21F3O2. The first-order chi connectivity index (χ1) is 14.5. The SMILES string of the molecule is CC(C)(C)c1ccc2oc(=O)cc(-c3ccc(-c4ccc(C(F)(F)F)cc4)cc3)c2c1. The average molecular weight is 422 g/mol. The third-order valence-electron chi connectivity index (χ3n) is 5.35. The maximum absolute atomic E-state index is 12.8. The fourth-order valence-corrected chi connectivity index (χ4v) is 3.56. The van der Waals surface area contributed by atoms with Gasteiger partial charge in [-0.2, -0.15) is 13.2 Å². The van der Waals surface area contributed by atoms with E-state index >= 15 is 0 Å². The molecule has 0 aliphatic rings. The van der Waals surface area contributed by atoms with Gasteiger partial charge in [0.25, 0.3) is 0 Å². The van der Waals surface area contributed by atoms with Crippen LogP contribution in [0.15, 0.2) is 82.0 Å². The molecular weight excluding hydrogens is 401 g/mol. The summed E-state index contributed by atoms with van der Waals surface area (Å²) in [7, 11) is 0. The summed E-state index contributed by atoms with van der Waals surface area (Å²) in [6, 6.07) is 19.8. The Bertz CT molecular complexity index is 1290. The highest BCUT2D eigenvalue weighted by Crippen LogP contribution is 2.34. The Hall–Kier alpha value is -3.34. The normalized spacial score (nSPS) is 12.3. The van der Waals surface area contributed by atoms with E-state index in [4.69, 9.17) is 4.42 Å². The highest BCUT2D eigenvalue weighted by Gasteiger charge is 2.30. The molecule has 0 amide bonds. The predicted molar refractivity (Wildman–Crippen MR) is 117 cm³/mol. The van der Waals surface area contributed by atoms with Gasteiger partial charge in [-0.1, -0.05) is 63.2 Å². The number of benzene rings is 3. The van der Waals surface area contributed by atoms with Crippen LogP contribution in [-0.2, 0) is 11.6 Å². The molecule has 0 N–H and O–H groups in total. The van der Waals surface area contributed by atoms with E-state index in [1.54, 1.807) is 0 Å². The highest BCUT2D eigenvalue weighted by atomic mass is 19.4. The van der Waals surface area contributed by atoms with Crippen LogP contribution >= 0.6 is 0 Å². The van der Waals surface area contributed by atoms with Crippen LogP contribution in [0.3, 0.4) is 0 Å². The van der Waals surface area contributed by atoms with Crippen molar-refractivity contribution in [2.45, 2.75) is 32.4 Å². The molecule has 0 unspecified atom stereocenters. The summed E-state index contributed by atoms with van der Waals surface area (Å²) in [6.07, 6.45) is -4.36. The number of rotatable bonds is 2. The van der Waals surface area contributed by atoms with Crippen molar-refractivity contribution in [3.63, 3.8) is 0 Å². The molecule has 0 saturated carbocycles. The van der Waals surface area contributed by atoms with Gasteiger partial charge < -0.3 is 4.42 Å². The molecule has 0 aliphatic heterocycles. The van der Waals surface area contributed by atoms with Crippen molar-refractivity contribution in [2.75, 3.05) is 0 Å². The zero-order valence-corrected chi connectivity index (χ0v) is 17.4. The number of hydrogen-bond donors (Lipinski definition) is 0. The third-order valence-corrected chi connectivity index (χ3v) is 5.35. The van der Waals surface area contributed by atoms with Crippen molar-refractivity contribution in [3.8, 4) is 22.3 Å². The lowest BCUT2D eigenvalue weighted by atomic mass is 9.85. The second-order valence-corrected chi connectivity index (χ2v) is 8.59. The van der Waals surface area contributed by atoms with Gasteiger partial charge in [0.2, 0.25) is 0 Å². The maximum atomic E-state index is 12.8. The molecule has 0 radical (unpaired) electrons. The Morgan fingerprint density at radius 1 is 0.677 bits per heavy atom. The molecule has 31 heavy (non-hydrogen) atoms. The lowest BCUT2D eigenvalue weighted by molar-refractivity contribution is -0.137. The molecule has 0 bridgehead atoms. The van der Waals surface area contributed by atoms with Crippen LogP contribution in [0.2, 0.25) is 0 Å². The van der Waals surface area contributed by atoms with Crippen molar-refractivity contribution >= 4 is 11.0 Å². The fraction of sp³-hybridized carbons (Fsp3) is 0.192. The van der Waals surface area contributed by atoms with Gasteiger partial charge >= 0.3 is 11.8 Å². The zero-order valence-electron chi connectivity index (χ0n) is 17.4. The summed E-state index contributed by atoms with van der Waals surface area (Å²) in [5.74, 6) is 0. The smallest absolute Gasteiger partial charge is 0.416 e. The summed E-state index contributed by atoms with van der Waals surface area (Å²) in [5.41, 5.74) is 3.54. The summed E-state index contributed by atoms with van der Waals surface area (Å²) in [5, 5.41) is 0.842. The standard InChI is InChI=1S/C26H21F3O2/c1-25(2,3)20-12-13-23-22(14-20)21(15-24(30)31-23)18-6-4-16(5-7-18)17-8-10-19(11-9-17)26(27,28)29/h4-15H,1-3H3. The van der Waals surface area contributed by atoms with E-state index in [2.05, 4.69) is 20.8 Å². The molecule has 0 aliphatic carbocycles. The molecule has 0 spiro atoms. The fourth-order valence-electron chi connectivity index (χ4n) is 3.56. The molecule has 1 heterocycles. The van der Waals surface area contributed by atoms with Gasteiger partial charge in [-0.25, -0.2) is 4.79 Å². The molecule has 0 atom stereocenters. The summed E-state index contributed by atoms with van der Waals surface area (Å²) in [6.45, 7) is 6.35. The van der Waals surface area contributed by atoms with Crippen molar-refractivity contribution in [1.82, 2.24) is 0 Å². The van der Waals surface area contributed by atoms with E-state index < -0.39 is 17.4 Å². The summed E-state index contributed by atoms with van der Waals surface area (Å²) >= 11 is 0. The highest BCUT2D eigenvalue weighted by molar-refractivity contribution is 5.94. The second-order valence-electron chi connectivity index (χ2n) is 8.59. The molecule has 1 aromatic heterocycles. The molecule has 5 heteroatoms. The monoisotopic (exact) mass is 422 g/mol. The van der Waals surface area contributed by atoms with Gasteiger partial charge in [0.1, 0.15) is 5.58 Å². The molecule has 4 aromatic rings.